The fourth-order valence-electron chi connectivity index (χ4n) is 2.59. The van der Waals surface area contributed by atoms with Crippen LogP contribution in [0.25, 0.3) is 0 Å². The second-order valence-electron chi connectivity index (χ2n) is 6.31. The minimum atomic E-state index is 0.0231. The number of rotatable bonds is 7. The first-order valence-electron chi connectivity index (χ1n) is 8.58. The first-order chi connectivity index (χ1) is 12.6. The summed E-state index contributed by atoms with van der Waals surface area (Å²) < 4.78 is 5.71. The Morgan fingerprint density at radius 1 is 1.12 bits per heavy atom. The molecule has 3 rings (SSSR count). The molecule has 0 radical (unpaired) electrons. The quantitative estimate of drug-likeness (QED) is 0.605. The van der Waals surface area contributed by atoms with Crippen molar-refractivity contribution in [3.63, 3.8) is 0 Å². The van der Waals surface area contributed by atoms with E-state index in [4.69, 9.17) is 4.74 Å². The van der Waals surface area contributed by atoms with Gasteiger partial charge < -0.3 is 9.64 Å². The Hall–Kier alpha value is -2.66. The minimum Gasteiger partial charge on any atom is -0.487 e. The summed E-state index contributed by atoms with van der Waals surface area (Å²) in [6.45, 7) is 5.10. The topological polar surface area (TPSA) is 42.4 Å². The maximum absolute atomic E-state index is 12.9. The first kappa shape index (κ1) is 18.1. The van der Waals surface area contributed by atoms with Gasteiger partial charge in [0.25, 0.3) is 5.91 Å². The SMILES string of the molecule is CC(C)N(Cc1ccccc1)C(=O)c1ccc(OCc2cscn2)cc1. The van der Waals surface area contributed by atoms with Gasteiger partial charge in [0.15, 0.2) is 0 Å². The van der Waals surface area contributed by atoms with Crippen molar-refractivity contribution in [3.05, 3.63) is 82.3 Å². The zero-order valence-corrected chi connectivity index (χ0v) is 15.8. The number of nitrogens with zero attached hydrogens (tertiary/aromatic N) is 2. The van der Waals surface area contributed by atoms with Gasteiger partial charge in [-0.15, -0.1) is 11.3 Å². The van der Waals surface area contributed by atoms with Crippen LogP contribution in [-0.4, -0.2) is 21.8 Å². The van der Waals surface area contributed by atoms with Gasteiger partial charge in [0.2, 0.25) is 0 Å². The molecule has 0 bridgehead atoms. The number of thiazole rings is 1. The van der Waals surface area contributed by atoms with Crippen LogP contribution < -0.4 is 4.74 Å². The monoisotopic (exact) mass is 366 g/mol. The van der Waals surface area contributed by atoms with E-state index in [1.54, 1.807) is 16.8 Å². The van der Waals surface area contributed by atoms with Gasteiger partial charge in [-0.2, -0.15) is 0 Å². The molecular weight excluding hydrogens is 344 g/mol. The van der Waals surface area contributed by atoms with Gasteiger partial charge in [-0.25, -0.2) is 4.98 Å². The molecule has 0 N–H and O–H groups in total. The van der Waals surface area contributed by atoms with Gasteiger partial charge in [-0.3, -0.25) is 4.79 Å². The van der Waals surface area contributed by atoms with Crippen molar-refractivity contribution in [1.82, 2.24) is 9.88 Å². The highest BCUT2D eigenvalue weighted by atomic mass is 32.1. The predicted octanol–water partition coefficient (Wildman–Crippen LogP) is 4.77. The number of carbonyl (C=O) groups is 1. The van der Waals surface area contributed by atoms with Crippen molar-refractivity contribution in [2.45, 2.75) is 33.0 Å². The van der Waals surface area contributed by atoms with Crippen LogP contribution in [0.3, 0.4) is 0 Å². The molecule has 134 valence electrons. The van der Waals surface area contributed by atoms with Gasteiger partial charge in [0.05, 0.1) is 11.2 Å². The van der Waals surface area contributed by atoms with Gasteiger partial charge >= 0.3 is 0 Å². The molecule has 0 unspecified atom stereocenters. The van der Waals surface area contributed by atoms with E-state index >= 15 is 0 Å². The zero-order valence-electron chi connectivity index (χ0n) is 15.0. The molecule has 2 aromatic carbocycles. The molecule has 1 aromatic heterocycles. The van der Waals surface area contributed by atoms with E-state index in [2.05, 4.69) is 4.98 Å². The summed E-state index contributed by atoms with van der Waals surface area (Å²) in [5.74, 6) is 0.753. The number of ether oxygens (including phenoxy) is 1. The number of aromatic nitrogens is 1. The Morgan fingerprint density at radius 2 is 1.85 bits per heavy atom. The zero-order chi connectivity index (χ0) is 18.4. The molecule has 0 fully saturated rings. The Balaban J connectivity index is 1.66. The lowest BCUT2D eigenvalue weighted by molar-refractivity contribution is 0.0690. The van der Waals surface area contributed by atoms with Crippen molar-refractivity contribution in [2.24, 2.45) is 0 Å². The maximum atomic E-state index is 12.9. The third kappa shape index (κ3) is 4.70. The van der Waals surface area contributed by atoms with Crippen LogP contribution in [0.1, 0.15) is 35.5 Å². The summed E-state index contributed by atoms with van der Waals surface area (Å²) in [4.78, 5) is 19.0. The molecule has 0 aliphatic rings. The number of hydrogen-bond donors (Lipinski definition) is 0. The van der Waals surface area contributed by atoms with E-state index in [1.165, 1.54) is 0 Å². The van der Waals surface area contributed by atoms with Crippen molar-refractivity contribution in [3.8, 4) is 5.75 Å². The molecular formula is C21H22N2O2S. The molecule has 0 spiro atoms. The highest BCUT2D eigenvalue weighted by Gasteiger charge is 2.19. The third-order valence-electron chi connectivity index (χ3n) is 4.05. The minimum absolute atomic E-state index is 0.0231. The summed E-state index contributed by atoms with van der Waals surface area (Å²) in [5.41, 5.74) is 4.48. The third-order valence-corrected chi connectivity index (χ3v) is 4.69. The Bertz CT molecular complexity index is 815. The number of hydrogen-bond acceptors (Lipinski definition) is 4. The lowest BCUT2D eigenvalue weighted by Crippen LogP contribution is -2.36. The summed E-state index contributed by atoms with van der Waals surface area (Å²) in [7, 11) is 0. The van der Waals surface area contributed by atoms with E-state index < -0.39 is 0 Å². The molecule has 0 saturated carbocycles. The fraction of sp³-hybridized carbons (Fsp3) is 0.238. The van der Waals surface area contributed by atoms with Gasteiger partial charge in [0.1, 0.15) is 12.4 Å². The van der Waals surface area contributed by atoms with E-state index in [9.17, 15) is 4.79 Å². The number of amides is 1. The molecule has 26 heavy (non-hydrogen) atoms. The van der Waals surface area contributed by atoms with Gasteiger partial charge in [-0.05, 0) is 43.7 Å². The van der Waals surface area contributed by atoms with Crippen molar-refractivity contribution in [2.75, 3.05) is 0 Å². The predicted molar refractivity (Wildman–Crippen MR) is 104 cm³/mol. The van der Waals surface area contributed by atoms with Crippen molar-refractivity contribution in [1.29, 1.82) is 0 Å². The number of carbonyl (C=O) groups excluding carboxylic acids is 1. The molecule has 5 heteroatoms. The number of benzene rings is 2. The summed E-state index contributed by atoms with van der Waals surface area (Å²) >= 11 is 1.55. The molecule has 3 aromatic rings. The molecule has 4 nitrogen and oxygen atoms in total. The van der Waals surface area contributed by atoms with Crippen LogP contribution in [0.15, 0.2) is 65.5 Å². The Labute approximate surface area is 158 Å². The normalized spacial score (nSPS) is 10.7. The van der Waals surface area contributed by atoms with Crippen LogP contribution >= 0.6 is 11.3 Å². The molecule has 0 aliphatic heterocycles. The molecule has 1 amide bonds. The van der Waals surface area contributed by atoms with E-state index in [1.807, 2.05) is 78.7 Å². The highest BCUT2D eigenvalue weighted by molar-refractivity contribution is 7.07. The van der Waals surface area contributed by atoms with E-state index in [0.717, 1.165) is 17.0 Å². The first-order valence-corrected chi connectivity index (χ1v) is 9.52. The van der Waals surface area contributed by atoms with Crippen molar-refractivity contribution < 1.29 is 9.53 Å². The van der Waals surface area contributed by atoms with Crippen LogP contribution in [0.2, 0.25) is 0 Å². The lowest BCUT2D eigenvalue weighted by Gasteiger charge is -2.27. The molecule has 0 saturated heterocycles. The smallest absolute Gasteiger partial charge is 0.254 e. The van der Waals surface area contributed by atoms with E-state index in [-0.39, 0.29) is 11.9 Å². The van der Waals surface area contributed by atoms with Gasteiger partial charge in [-0.1, -0.05) is 30.3 Å². The Kier molecular flexibility index (Phi) is 6.02. The van der Waals surface area contributed by atoms with Crippen LogP contribution in [-0.2, 0) is 13.2 Å². The Morgan fingerprint density at radius 3 is 2.46 bits per heavy atom. The summed E-state index contributed by atoms with van der Waals surface area (Å²) in [6, 6.07) is 17.5. The molecule has 0 atom stereocenters. The van der Waals surface area contributed by atoms with Crippen LogP contribution in [0, 0.1) is 0 Å². The summed E-state index contributed by atoms with van der Waals surface area (Å²) in [6.07, 6.45) is 0. The maximum Gasteiger partial charge on any atom is 0.254 e. The highest BCUT2D eigenvalue weighted by Crippen LogP contribution is 2.18. The van der Waals surface area contributed by atoms with Gasteiger partial charge in [0, 0.05) is 23.5 Å². The van der Waals surface area contributed by atoms with Crippen molar-refractivity contribution >= 4 is 17.2 Å². The van der Waals surface area contributed by atoms with Crippen LogP contribution in [0.5, 0.6) is 5.75 Å². The summed E-state index contributed by atoms with van der Waals surface area (Å²) in [5, 5.41) is 1.96. The average Bonchev–Trinajstić information content (AvgIpc) is 3.18. The van der Waals surface area contributed by atoms with Crippen LogP contribution in [0.4, 0.5) is 0 Å². The molecule has 0 aliphatic carbocycles. The second-order valence-corrected chi connectivity index (χ2v) is 7.02. The fourth-order valence-corrected chi connectivity index (χ4v) is 3.14. The largest absolute Gasteiger partial charge is 0.487 e. The molecule has 1 heterocycles. The lowest BCUT2D eigenvalue weighted by atomic mass is 10.1. The average molecular weight is 366 g/mol. The van der Waals surface area contributed by atoms with E-state index in [0.29, 0.717) is 18.7 Å². The standard InChI is InChI=1S/C21H22N2O2S/c1-16(2)23(12-17-6-4-3-5-7-17)21(24)18-8-10-20(11-9-18)25-13-19-14-26-15-22-19/h3-11,14-16H,12-13H2,1-2H3. The second kappa shape index (κ2) is 8.63.